The van der Waals surface area contributed by atoms with Crippen LogP contribution in [0.3, 0.4) is 0 Å². The third kappa shape index (κ3) is 3.35. The molecule has 2 heterocycles. The van der Waals surface area contributed by atoms with Crippen molar-refractivity contribution in [2.24, 2.45) is 0 Å². The number of methoxy groups -OCH3 is 2. The monoisotopic (exact) mass is 377 g/mol. The van der Waals surface area contributed by atoms with E-state index in [4.69, 9.17) is 9.47 Å². The number of imide groups is 1. The molecule has 146 valence electrons. The van der Waals surface area contributed by atoms with Gasteiger partial charge in [0.25, 0.3) is 5.91 Å². The molecule has 0 saturated carbocycles. The molecule has 2 fully saturated rings. The molecule has 27 heavy (non-hydrogen) atoms. The van der Waals surface area contributed by atoms with E-state index in [2.05, 4.69) is 5.32 Å². The van der Waals surface area contributed by atoms with Crippen LogP contribution in [-0.2, 0) is 19.9 Å². The van der Waals surface area contributed by atoms with Crippen LogP contribution in [0.5, 0.6) is 5.75 Å². The van der Waals surface area contributed by atoms with Gasteiger partial charge in [0, 0.05) is 13.0 Å². The highest BCUT2D eigenvalue weighted by atomic mass is 16.5. The summed E-state index contributed by atoms with van der Waals surface area (Å²) in [6.45, 7) is 1.69. The van der Waals surface area contributed by atoms with Gasteiger partial charge in [-0.05, 0) is 24.6 Å². The van der Waals surface area contributed by atoms with Gasteiger partial charge in [0.1, 0.15) is 17.3 Å². The highest BCUT2D eigenvalue weighted by molar-refractivity contribution is 6.07. The number of hydrogen-bond acceptors (Lipinski definition) is 7. The van der Waals surface area contributed by atoms with E-state index >= 15 is 0 Å². The number of carbonyl (C=O) groups excluding carboxylic acids is 3. The lowest BCUT2D eigenvalue weighted by atomic mass is 9.92. The Morgan fingerprint density at radius 1 is 1.37 bits per heavy atom. The first-order valence-corrected chi connectivity index (χ1v) is 8.58. The van der Waals surface area contributed by atoms with Crippen molar-refractivity contribution < 1.29 is 29.0 Å². The number of nitrogens with one attached hydrogen (secondary N) is 1. The molecule has 1 aromatic carbocycles. The topological polar surface area (TPSA) is 108 Å². The third-order valence-electron chi connectivity index (χ3n) is 5.10. The molecule has 0 radical (unpaired) electrons. The largest absolute Gasteiger partial charge is 0.497 e. The highest BCUT2D eigenvalue weighted by Crippen LogP contribution is 2.31. The van der Waals surface area contributed by atoms with Crippen molar-refractivity contribution in [3.05, 3.63) is 29.8 Å². The Bertz CT molecular complexity index is 769. The molecule has 9 heteroatoms. The van der Waals surface area contributed by atoms with Gasteiger partial charge >= 0.3 is 12.0 Å². The summed E-state index contributed by atoms with van der Waals surface area (Å²) in [7, 11) is 2.78. The number of aliphatic hydroxyl groups is 1. The fourth-order valence-corrected chi connectivity index (χ4v) is 3.55. The predicted molar refractivity (Wildman–Crippen MR) is 93.7 cm³/mol. The van der Waals surface area contributed by atoms with Gasteiger partial charge in [-0.1, -0.05) is 12.1 Å². The number of benzene rings is 1. The molecule has 2 aliphatic rings. The number of carbonyl (C=O) groups is 3. The number of β-amino-alcohol motifs (C(OH)–C–C–N with tert-alkyl or cyclic N) is 1. The number of likely N-dealkylation sites (tertiary alicyclic amines) is 1. The molecule has 2 saturated heterocycles. The molecule has 3 atom stereocenters. The zero-order valence-electron chi connectivity index (χ0n) is 15.5. The van der Waals surface area contributed by atoms with Crippen LogP contribution in [0.2, 0.25) is 0 Å². The van der Waals surface area contributed by atoms with Gasteiger partial charge < -0.3 is 19.9 Å². The lowest BCUT2D eigenvalue weighted by Gasteiger charge is -2.27. The van der Waals surface area contributed by atoms with Crippen molar-refractivity contribution in [1.82, 2.24) is 15.1 Å². The minimum Gasteiger partial charge on any atom is -0.497 e. The Kier molecular flexibility index (Phi) is 5.07. The van der Waals surface area contributed by atoms with Gasteiger partial charge in [-0.15, -0.1) is 0 Å². The zero-order chi connectivity index (χ0) is 19.8. The van der Waals surface area contributed by atoms with Crippen molar-refractivity contribution >= 4 is 17.9 Å². The maximum Gasteiger partial charge on any atom is 0.326 e. The predicted octanol–water partition coefficient (Wildman–Crippen LogP) is 0.0279. The second-order valence-corrected chi connectivity index (χ2v) is 6.86. The molecule has 3 amide bonds. The van der Waals surface area contributed by atoms with Crippen LogP contribution in [-0.4, -0.2) is 72.4 Å². The minimum absolute atomic E-state index is 0.110. The van der Waals surface area contributed by atoms with Crippen molar-refractivity contribution in [2.45, 2.75) is 31.0 Å². The van der Waals surface area contributed by atoms with Gasteiger partial charge in [0.15, 0.2) is 0 Å². The molecular weight excluding hydrogens is 354 g/mol. The van der Waals surface area contributed by atoms with Crippen molar-refractivity contribution in [3.63, 3.8) is 0 Å². The summed E-state index contributed by atoms with van der Waals surface area (Å²) in [5.41, 5.74) is -0.654. The summed E-state index contributed by atoms with van der Waals surface area (Å²) in [5, 5.41) is 12.6. The first-order chi connectivity index (χ1) is 12.8. The van der Waals surface area contributed by atoms with Crippen molar-refractivity contribution in [3.8, 4) is 5.75 Å². The Morgan fingerprint density at radius 2 is 2.11 bits per heavy atom. The molecule has 0 unspecified atom stereocenters. The lowest BCUT2D eigenvalue weighted by molar-refractivity contribution is -0.147. The van der Waals surface area contributed by atoms with E-state index in [0.717, 1.165) is 4.90 Å². The molecule has 2 N–H and O–H groups in total. The first kappa shape index (κ1) is 19.1. The van der Waals surface area contributed by atoms with Crippen LogP contribution in [0.4, 0.5) is 4.79 Å². The van der Waals surface area contributed by atoms with Gasteiger partial charge in [-0.25, -0.2) is 9.69 Å². The van der Waals surface area contributed by atoms with Gasteiger partial charge in [0.2, 0.25) is 0 Å². The summed E-state index contributed by atoms with van der Waals surface area (Å²) in [4.78, 5) is 40.1. The second kappa shape index (κ2) is 7.16. The number of nitrogens with zero attached hydrogens (tertiary/aromatic N) is 2. The standard InChI is InChI=1S/C18H23N3O6/c1-18(11-5-4-6-13(7-11)26-2)16(24)21(17(25)19-18)10-20-9-12(22)8-14(20)15(23)27-3/h4-7,12,14,22H,8-10H2,1-3H3,(H,19,25)/t12-,14+,18+/m1/s1. The van der Waals surface area contributed by atoms with Crippen LogP contribution >= 0.6 is 0 Å². The smallest absolute Gasteiger partial charge is 0.326 e. The highest BCUT2D eigenvalue weighted by Gasteiger charge is 2.50. The third-order valence-corrected chi connectivity index (χ3v) is 5.10. The fraction of sp³-hybridized carbons (Fsp3) is 0.500. The number of ether oxygens (including phenoxy) is 2. The summed E-state index contributed by atoms with van der Waals surface area (Å²) >= 11 is 0. The van der Waals surface area contributed by atoms with E-state index in [1.807, 2.05) is 0 Å². The van der Waals surface area contributed by atoms with Gasteiger partial charge in [0.05, 0.1) is 27.0 Å². The summed E-state index contributed by atoms with van der Waals surface area (Å²) in [6.07, 6.45) is -0.525. The number of esters is 1. The Balaban J connectivity index is 1.82. The van der Waals surface area contributed by atoms with Crippen LogP contribution in [0, 0.1) is 0 Å². The van der Waals surface area contributed by atoms with Crippen LogP contribution in [0.1, 0.15) is 18.9 Å². The molecule has 3 rings (SSSR count). The minimum atomic E-state index is -1.25. The molecule has 1 aromatic rings. The first-order valence-electron chi connectivity index (χ1n) is 8.58. The normalized spacial score (nSPS) is 28.4. The van der Waals surface area contributed by atoms with Gasteiger partial charge in [-0.2, -0.15) is 0 Å². The van der Waals surface area contributed by atoms with E-state index in [9.17, 15) is 19.5 Å². The maximum atomic E-state index is 13.0. The number of amides is 3. The molecule has 0 bridgehead atoms. The lowest BCUT2D eigenvalue weighted by Crippen LogP contribution is -2.47. The molecule has 0 aromatic heterocycles. The average molecular weight is 377 g/mol. The number of rotatable bonds is 5. The zero-order valence-corrected chi connectivity index (χ0v) is 15.5. The maximum absolute atomic E-state index is 13.0. The number of aliphatic hydroxyl groups excluding tert-OH is 1. The van der Waals surface area contributed by atoms with Crippen molar-refractivity contribution in [1.29, 1.82) is 0 Å². The van der Waals surface area contributed by atoms with E-state index in [0.29, 0.717) is 11.3 Å². The van der Waals surface area contributed by atoms with E-state index in [1.165, 1.54) is 14.2 Å². The summed E-state index contributed by atoms with van der Waals surface area (Å²) < 4.78 is 9.95. The Morgan fingerprint density at radius 3 is 2.78 bits per heavy atom. The average Bonchev–Trinajstić information content (AvgIpc) is 3.14. The molecule has 9 nitrogen and oxygen atoms in total. The Labute approximate surface area is 156 Å². The van der Waals surface area contributed by atoms with Crippen LogP contribution < -0.4 is 10.1 Å². The molecule has 0 spiro atoms. The molecule has 2 aliphatic heterocycles. The summed E-state index contributed by atoms with van der Waals surface area (Å²) in [6, 6.07) is 5.66. The van der Waals surface area contributed by atoms with E-state index in [-0.39, 0.29) is 19.6 Å². The van der Waals surface area contributed by atoms with E-state index < -0.39 is 35.6 Å². The fourth-order valence-electron chi connectivity index (χ4n) is 3.55. The van der Waals surface area contributed by atoms with Gasteiger partial charge in [-0.3, -0.25) is 14.5 Å². The quantitative estimate of drug-likeness (QED) is 0.550. The second-order valence-electron chi connectivity index (χ2n) is 6.86. The molecule has 0 aliphatic carbocycles. The Hall–Kier alpha value is -2.65. The SMILES string of the molecule is COC(=O)[C@@H]1C[C@@H](O)CN1CN1C(=O)N[C@@](C)(c2cccc(OC)c2)C1=O. The molecular formula is C18H23N3O6. The number of urea groups is 1. The van der Waals surface area contributed by atoms with Crippen molar-refractivity contribution in [2.75, 3.05) is 27.4 Å². The van der Waals surface area contributed by atoms with Crippen LogP contribution in [0.25, 0.3) is 0 Å². The number of hydrogen-bond donors (Lipinski definition) is 2. The van der Waals surface area contributed by atoms with Crippen LogP contribution in [0.15, 0.2) is 24.3 Å². The van der Waals surface area contributed by atoms with E-state index in [1.54, 1.807) is 36.1 Å². The summed E-state index contributed by atoms with van der Waals surface area (Å²) in [5.74, 6) is -0.373.